The van der Waals surface area contributed by atoms with Crippen LogP contribution in [0, 0.1) is 11.8 Å². The predicted molar refractivity (Wildman–Crippen MR) is 83.3 cm³/mol. The van der Waals surface area contributed by atoms with Crippen LogP contribution in [0.1, 0.15) is 25.8 Å². The van der Waals surface area contributed by atoms with Crippen molar-refractivity contribution in [3.8, 4) is 0 Å². The third-order valence-electron chi connectivity index (χ3n) is 4.10. The lowest BCUT2D eigenvalue weighted by molar-refractivity contribution is -0.131. The number of carboxylic acids is 1. The van der Waals surface area contributed by atoms with Crippen molar-refractivity contribution in [1.29, 1.82) is 0 Å². The molecular formula is C16H20ClNO2. The number of aliphatic carboxylic acids is 1. The molecule has 108 valence electrons. The number of carbonyl (C=O) groups is 1. The topological polar surface area (TPSA) is 40.5 Å². The molecule has 0 radical (unpaired) electrons. The van der Waals surface area contributed by atoms with Gasteiger partial charge in [0.1, 0.15) is 0 Å². The molecule has 4 heteroatoms. The van der Waals surface area contributed by atoms with E-state index in [2.05, 4.69) is 18.7 Å². The van der Waals surface area contributed by atoms with E-state index >= 15 is 0 Å². The van der Waals surface area contributed by atoms with E-state index in [-0.39, 0.29) is 0 Å². The predicted octanol–water partition coefficient (Wildman–Crippen LogP) is 3.92. The Morgan fingerprint density at radius 2 is 2.15 bits per heavy atom. The van der Waals surface area contributed by atoms with Crippen LogP contribution in [0.5, 0.6) is 0 Å². The fourth-order valence-electron chi connectivity index (χ4n) is 2.60. The first-order valence-corrected chi connectivity index (χ1v) is 7.31. The highest BCUT2D eigenvalue weighted by molar-refractivity contribution is 6.32. The minimum atomic E-state index is -0.962. The Kier molecular flexibility index (Phi) is 4.71. The summed E-state index contributed by atoms with van der Waals surface area (Å²) in [6.07, 6.45) is 3.87. The molecule has 0 saturated carbocycles. The van der Waals surface area contributed by atoms with E-state index in [0.29, 0.717) is 10.9 Å². The van der Waals surface area contributed by atoms with Crippen molar-refractivity contribution in [2.45, 2.75) is 20.3 Å². The van der Waals surface area contributed by atoms with E-state index < -0.39 is 5.97 Å². The molecule has 1 aromatic rings. The average Bonchev–Trinajstić information content (AvgIpc) is 2.40. The highest BCUT2D eigenvalue weighted by Gasteiger charge is 2.24. The number of piperidine rings is 1. The zero-order valence-corrected chi connectivity index (χ0v) is 12.6. The largest absolute Gasteiger partial charge is 0.478 e. The molecule has 2 rings (SSSR count). The van der Waals surface area contributed by atoms with Gasteiger partial charge in [0, 0.05) is 35.4 Å². The molecular weight excluding hydrogens is 274 g/mol. The van der Waals surface area contributed by atoms with E-state index in [1.54, 1.807) is 12.1 Å². The fraction of sp³-hybridized carbons (Fsp3) is 0.438. The monoisotopic (exact) mass is 293 g/mol. The number of hydrogen-bond donors (Lipinski definition) is 1. The van der Waals surface area contributed by atoms with Crippen molar-refractivity contribution < 1.29 is 9.90 Å². The molecule has 1 N–H and O–H groups in total. The van der Waals surface area contributed by atoms with Gasteiger partial charge in [-0.15, -0.1) is 0 Å². The number of benzene rings is 1. The van der Waals surface area contributed by atoms with E-state index in [9.17, 15) is 4.79 Å². The summed E-state index contributed by atoms with van der Waals surface area (Å²) in [7, 11) is 0. The maximum Gasteiger partial charge on any atom is 0.328 e. The Hall–Kier alpha value is -1.48. The molecule has 0 aliphatic carbocycles. The summed E-state index contributed by atoms with van der Waals surface area (Å²) in [5.41, 5.74) is 1.81. The Balaban J connectivity index is 2.32. The lowest BCUT2D eigenvalue weighted by Gasteiger charge is -2.37. The first-order valence-electron chi connectivity index (χ1n) is 6.93. The molecule has 0 amide bonds. The van der Waals surface area contributed by atoms with Crippen LogP contribution in [0.2, 0.25) is 5.02 Å². The smallest absolute Gasteiger partial charge is 0.328 e. The number of halogens is 1. The van der Waals surface area contributed by atoms with Crippen molar-refractivity contribution in [2.75, 3.05) is 18.0 Å². The maximum atomic E-state index is 10.7. The van der Waals surface area contributed by atoms with Gasteiger partial charge in [0.15, 0.2) is 0 Å². The second-order valence-electron chi connectivity index (χ2n) is 5.53. The van der Waals surface area contributed by atoms with Gasteiger partial charge < -0.3 is 10.0 Å². The van der Waals surface area contributed by atoms with Gasteiger partial charge in [0.25, 0.3) is 0 Å². The van der Waals surface area contributed by atoms with Gasteiger partial charge in [-0.05, 0) is 36.5 Å². The van der Waals surface area contributed by atoms with Crippen molar-refractivity contribution in [1.82, 2.24) is 0 Å². The second kappa shape index (κ2) is 6.31. The molecule has 1 aliphatic rings. The average molecular weight is 294 g/mol. The van der Waals surface area contributed by atoms with Gasteiger partial charge in [0.2, 0.25) is 0 Å². The van der Waals surface area contributed by atoms with Crippen molar-refractivity contribution in [3.63, 3.8) is 0 Å². The number of hydrogen-bond acceptors (Lipinski definition) is 2. The Morgan fingerprint density at radius 1 is 1.40 bits per heavy atom. The van der Waals surface area contributed by atoms with E-state index in [0.717, 1.165) is 42.8 Å². The van der Waals surface area contributed by atoms with Crippen LogP contribution < -0.4 is 4.90 Å². The summed E-state index contributed by atoms with van der Waals surface area (Å²) in [5.74, 6) is 0.388. The zero-order valence-electron chi connectivity index (χ0n) is 11.8. The molecule has 0 bridgehead atoms. The minimum Gasteiger partial charge on any atom is -0.478 e. The Bertz CT molecular complexity index is 527. The first kappa shape index (κ1) is 14.9. The van der Waals surface area contributed by atoms with Crippen molar-refractivity contribution in [3.05, 3.63) is 34.9 Å². The lowest BCUT2D eigenvalue weighted by Crippen LogP contribution is -2.38. The molecule has 20 heavy (non-hydrogen) atoms. The van der Waals surface area contributed by atoms with Crippen LogP contribution in [-0.4, -0.2) is 24.2 Å². The SMILES string of the molecule is CC1CCN(c2cccc(Cl)c2/C=C/C(=O)O)CC1C. The van der Waals surface area contributed by atoms with E-state index in [1.807, 2.05) is 12.1 Å². The Labute approximate surface area is 124 Å². The third kappa shape index (κ3) is 3.34. The first-order chi connectivity index (χ1) is 9.49. The van der Waals surface area contributed by atoms with Crippen molar-refractivity contribution in [2.24, 2.45) is 11.8 Å². The van der Waals surface area contributed by atoms with Gasteiger partial charge >= 0.3 is 5.97 Å². The maximum absolute atomic E-state index is 10.7. The van der Waals surface area contributed by atoms with Crippen LogP contribution >= 0.6 is 11.6 Å². The minimum absolute atomic E-state index is 0.589. The van der Waals surface area contributed by atoms with Gasteiger partial charge in [-0.3, -0.25) is 0 Å². The molecule has 1 heterocycles. The summed E-state index contributed by atoms with van der Waals surface area (Å²) in [4.78, 5) is 13.0. The zero-order chi connectivity index (χ0) is 14.7. The second-order valence-corrected chi connectivity index (χ2v) is 5.94. The van der Waals surface area contributed by atoms with Crippen LogP contribution in [0.4, 0.5) is 5.69 Å². The molecule has 0 aromatic heterocycles. The van der Waals surface area contributed by atoms with E-state index in [1.165, 1.54) is 0 Å². The normalized spacial score (nSPS) is 23.2. The quantitative estimate of drug-likeness (QED) is 0.859. The standard InChI is InChI=1S/C16H20ClNO2/c1-11-8-9-18(10-12(11)2)15-5-3-4-14(17)13(15)6-7-16(19)20/h3-7,11-12H,8-10H2,1-2H3,(H,19,20)/b7-6+. The summed E-state index contributed by atoms with van der Waals surface area (Å²) in [6.45, 7) is 6.51. The lowest BCUT2D eigenvalue weighted by atomic mass is 9.88. The fourth-order valence-corrected chi connectivity index (χ4v) is 2.84. The van der Waals surface area contributed by atoms with Gasteiger partial charge in [-0.1, -0.05) is 31.5 Å². The van der Waals surface area contributed by atoms with Crippen LogP contribution in [-0.2, 0) is 4.79 Å². The number of anilines is 1. The molecule has 0 spiro atoms. The van der Waals surface area contributed by atoms with Crippen LogP contribution in [0.25, 0.3) is 6.08 Å². The van der Waals surface area contributed by atoms with Gasteiger partial charge in [0.05, 0.1) is 0 Å². The van der Waals surface area contributed by atoms with E-state index in [4.69, 9.17) is 16.7 Å². The van der Waals surface area contributed by atoms with Gasteiger partial charge in [-0.2, -0.15) is 0 Å². The summed E-state index contributed by atoms with van der Waals surface area (Å²) in [6, 6.07) is 5.72. The molecule has 2 atom stereocenters. The number of carboxylic acid groups (broad SMARTS) is 1. The molecule has 3 nitrogen and oxygen atoms in total. The number of rotatable bonds is 3. The van der Waals surface area contributed by atoms with Gasteiger partial charge in [-0.25, -0.2) is 4.79 Å². The number of nitrogens with zero attached hydrogens (tertiary/aromatic N) is 1. The molecule has 1 aliphatic heterocycles. The highest BCUT2D eigenvalue weighted by Crippen LogP contribution is 2.33. The third-order valence-corrected chi connectivity index (χ3v) is 4.43. The van der Waals surface area contributed by atoms with Crippen LogP contribution in [0.3, 0.4) is 0 Å². The summed E-state index contributed by atoms with van der Waals surface area (Å²) >= 11 is 6.23. The molecule has 1 fully saturated rings. The summed E-state index contributed by atoms with van der Waals surface area (Å²) < 4.78 is 0. The molecule has 2 unspecified atom stereocenters. The molecule has 1 saturated heterocycles. The highest BCUT2D eigenvalue weighted by atomic mass is 35.5. The van der Waals surface area contributed by atoms with Crippen molar-refractivity contribution >= 4 is 29.3 Å². The Morgan fingerprint density at radius 3 is 2.80 bits per heavy atom. The van der Waals surface area contributed by atoms with Crippen LogP contribution in [0.15, 0.2) is 24.3 Å². The molecule has 1 aromatic carbocycles. The summed E-state index contributed by atoms with van der Waals surface area (Å²) in [5, 5.41) is 9.39.